The molecule has 0 bridgehead atoms. The minimum absolute atomic E-state index is 0.254. The van der Waals surface area contributed by atoms with Crippen molar-refractivity contribution in [2.75, 3.05) is 5.75 Å². The standard InChI is InChI=1S/C9H16N4OS2/c1-9(2,7(10)13-14)4-3-5-15-8-11-6-12-16-8/h6,14H,3-5H2,1-2H3,(H2,10,13). The first-order valence-corrected chi connectivity index (χ1v) is 6.69. The monoisotopic (exact) mass is 260 g/mol. The maximum Gasteiger partial charge on any atom is 0.169 e. The highest BCUT2D eigenvalue weighted by Gasteiger charge is 2.22. The predicted octanol–water partition coefficient (Wildman–Crippen LogP) is 2.18. The van der Waals surface area contributed by atoms with E-state index in [1.807, 2.05) is 13.8 Å². The molecule has 0 atom stereocenters. The number of nitrogens with zero attached hydrogens (tertiary/aromatic N) is 3. The van der Waals surface area contributed by atoms with Gasteiger partial charge in [0.2, 0.25) is 0 Å². The summed E-state index contributed by atoms with van der Waals surface area (Å²) in [6, 6.07) is 0. The summed E-state index contributed by atoms with van der Waals surface area (Å²) in [6.45, 7) is 3.94. The van der Waals surface area contributed by atoms with E-state index in [2.05, 4.69) is 14.5 Å². The van der Waals surface area contributed by atoms with Crippen molar-refractivity contribution in [3.8, 4) is 0 Å². The summed E-state index contributed by atoms with van der Waals surface area (Å²) in [7, 11) is 0. The molecule has 0 aliphatic rings. The maximum absolute atomic E-state index is 8.62. The van der Waals surface area contributed by atoms with Crippen LogP contribution in [0.2, 0.25) is 0 Å². The SMILES string of the molecule is CC(C)(CCCSc1ncns1)C(N)=NO. The lowest BCUT2D eigenvalue weighted by Gasteiger charge is -2.22. The average Bonchev–Trinajstić information content (AvgIpc) is 2.76. The van der Waals surface area contributed by atoms with Crippen LogP contribution in [0.1, 0.15) is 26.7 Å². The summed E-state index contributed by atoms with van der Waals surface area (Å²) in [5, 5.41) is 11.7. The fourth-order valence-electron chi connectivity index (χ4n) is 1.16. The number of oxime groups is 1. The molecule has 0 amide bonds. The molecule has 90 valence electrons. The number of hydrogen-bond acceptors (Lipinski definition) is 6. The topological polar surface area (TPSA) is 84.4 Å². The molecular formula is C9H16N4OS2. The van der Waals surface area contributed by atoms with E-state index in [-0.39, 0.29) is 11.3 Å². The van der Waals surface area contributed by atoms with Crippen LogP contribution >= 0.6 is 23.3 Å². The zero-order chi connectivity index (χ0) is 12.0. The van der Waals surface area contributed by atoms with Gasteiger partial charge >= 0.3 is 0 Å². The zero-order valence-corrected chi connectivity index (χ0v) is 11.0. The van der Waals surface area contributed by atoms with Crippen molar-refractivity contribution in [3.63, 3.8) is 0 Å². The molecule has 0 aliphatic carbocycles. The Bertz CT molecular complexity index is 337. The smallest absolute Gasteiger partial charge is 0.169 e. The van der Waals surface area contributed by atoms with Gasteiger partial charge in [0.1, 0.15) is 12.2 Å². The van der Waals surface area contributed by atoms with Gasteiger partial charge in [0.25, 0.3) is 0 Å². The summed E-state index contributed by atoms with van der Waals surface area (Å²) >= 11 is 3.09. The van der Waals surface area contributed by atoms with Crippen LogP contribution in [0.25, 0.3) is 0 Å². The van der Waals surface area contributed by atoms with Crippen LogP contribution in [0.4, 0.5) is 0 Å². The van der Waals surface area contributed by atoms with Gasteiger partial charge in [-0.15, -0.1) is 0 Å². The van der Waals surface area contributed by atoms with Gasteiger partial charge in [-0.25, -0.2) is 4.98 Å². The Morgan fingerprint density at radius 1 is 1.69 bits per heavy atom. The average molecular weight is 260 g/mol. The zero-order valence-electron chi connectivity index (χ0n) is 9.38. The molecule has 7 heteroatoms. The van der Waals surface area contributed by atoms with Gasteiger partial charge in [-0.3, -0.25) is 0 Å². The molecule has 5 nitrogen and oxygen atoms in total. The van der Waals surface area contributed by atoms with Crippen LogP contribution in [0.3, 0.4) is 0 Å². The number of nitrogens with two attached hydrogens (primary N) is 1. The predicted molar refractivity (Wildman–Crippen MR) is 67.1 cm³/mol. The van der Waals surface area contributed by atoms with Gasteiger partial charge in [0.15, 0.2) is 4.34 Å². The van der Waals surface area contributed by atoms with E-state index >= 15 is 0 Å². The summed E-state index contributed by atoms with van der Waals surface area (Å²) in [5.74, 6) is 1.26. The van der Waals surface area contributed by atoms with E-state index in [9.17, 15) is 0 Å². The molecule has 1 aromatic heterocycles. The second-order valence-corrected chi connectivity index (χ2v) is 6.15. The molecule has 1 heterocycles. The van der Waals surface area contributed by atoms with Crippen molar-refractivity contribution in [2.45, 2.75) is 31.0 Å². The van der Waals surface area contributed by atoms with E-state index in [1.165, 1.54) is 11.5 Å². The Hall–Kier alpha value is -0.820. The first-order valence-electron chi connectivity index (χ1n) is 4.94. The minimum Gasteiger partial charge on any atom is -0.409 e. The Morgan fingerprint density at radius 2 is 2.44 bits per heavy atom. The van der Waals surface area contributed by atoms with Gasteiger partial charge < -0.3 is 10.9 Å². The molecule has 1 aromatic rings. The van der Waals surface area contributed by atoms with Gasteiger partial charge in [-0.1, -0.05) is 30.8 Å². The number of aromatic nitrogens is 2. The summed E-state index contributed by atoms with van der Waals surface area (Å²) in [5.41, 5.74) is 5.35. The van der Waals surface area contributed by atoms with Crippen molar-refractivity contribution in [1.29, 1.82) is 0 Å². The van der Waals surface area contributed by atoms with Gasteiger partial charge in [0.05, 0.1) is 0 Å². The number of hydrogen-bond donors (Lipinski definition) is 2. The molecule has 0 saturated heterocycles. The molecule has 0 unspecified atom stereocenters. The lowest BCUT2D eigenvalue weighted by Crippen LogP contribution is -2.31. The third-order valence-corrected chi connectivity index (χ3v) is 4.20. The highest BCUT2D eigenvalue weighted by molar-refractivity contribution is 8.00. The molecule has 0 aromatic carbocycles. The van der Waals surface area contributed by atoms with E-state index in [0.29, 0.717) is 0 Å². The van der Waals surface area contributed by atoms with Gasteiger partial charge in [0, 0.05) is 11.2 Å². The summed E-state index contributed by atoms with van der Waals surface area (Å²) in [4.78, 5) is 4.08. The van der Waals surface area contributed by atoms with Crippen molar-refractivity contribution in [3.05, 3.63) is 6.33 Å². The lowest BCUT2D eigenvalue weighted by molar-refractivity contribution is 0.305. The highest BCUT2D eigenvalue weighted by Crippen LogP contribution is 2.26. The number of thioether (sulfide) groups is 1. The number of amidine groups is 1. The fourth-order valence-corrected chi connectivity index (χ4v) is 2.62. The van der Waals surface area contributed by atoms with Crippen LogP contribution in [-0.2, 0) is 0 Å². The quantitative estimate of drug-likeness (QED) is 0.204. The highest BCUT2D eigenvalue weighted by atomic mass is 32.2. The normalized spacial score (nSPS) is 13.0. The lowest BCUT2D eigenvalue weighted by atomic mass is 9.87. The van der Waals surface area contributed by atoms with Crippen LogP contribution in [-0.4, -0.2) is 26.2 Å². The maximum atomic E-state index is 8.62. The van der Waals surface area contributed by atoms with Crippen LogP contribution in [0.5, 0.6) is 0 Å². The Kier molecular flexibility index (Phi) is 5.01. The summed E-state index contributed by atoms with van der Waals surface area (Å²) in [6.07, 6.45) is 3.44. The molecule has 0 radical (unpaired) electrons. The van der Waals surface area contributed by atoms with Crippen molar-refractivity contribution >= 4 is 29.1 Å². The van der Waals surface area contributed by atoms with Crippen molar-refractivity contribution < 1.29 is 5.21 Å². The Morgan fingerprint density at radius 3 is 3.00 bits per heavy atom. The molecular weight excluding hydrogens is 244 g/mol. The van der Waals surface area contributed by atoms with Crippen molar-refractivity contribution in [1.82, 2.24) is 9.36 Å². The fraction of sp³-hybridized carbons (Fsp3) is 0.667. The molecule has 1 rings (SSSR count). The van der Waals surface area contributed by atoms with E-state index in [4.69, 9.17) is 10.9 Å². The van der Waals surface area contributed by atoms with Gasteiger partial charge in [-0.2, -0.15) is 4.37 Å². The van der Waals surface area contributed by atoms with Crippen molar-refractivity contribution in [2.24, 2.45) is 16.3 Å². The molecule has 0 fully saturated rings. The molecule has 3 N–H and O–H groups in total. The second kappa shape index (κ2) is 6.05. The molecule has 0 spiro atoms. The molecule has 16 heavy (non-hydrogen) atoms. The van der Waals surface area contributed by atoms with Gasteiger partial charge in [-0.05, 0) is 24.4 Å². The minimum atomic E-state index is -0.254. The van der Waals surface area contributed by atoms with Crippen LogP contribution in [0.15, 0.2) is 15.8 Å². The first kappa shape index (κ1) is 13.2. The van der Waals surface area contributed by atoms with E-state index in [0.717, 1.165) is 22.9 Å². The molecule has 0 aliphatic heterocycles. The number of rotatable bonds is 6. The third kappa shape index (κ3) is 3.97. The summed E-state index contributed by atoms with van der Waals surface area (Å²) < 4.78 is 4.92. The van der Waals surface area contributed by atoms with E-state index in [1.54, 1.807) is 18.1 Å². The Balaban J connectivity index is 2.25. The largest absolute Gasteiger partial charge is 0.409 e. The second-order valence-electron chi connectivity index (χ2n) is 4.03. The van der Waals surface area contributed by atoms with Crippen LogP contribution < -0.4 is 5.73 Å². The molecule has 0 saturated carbocycles. The van der Waals surface area contributed by atoms with Crippen LogP contribution in [0, 0.1) is 5.41 Å². The van der Waals surface area contributed by atoms with E-state index < -0.39 is 0 Å². The first-order chi connectivity index (χ1) is 7.56. The third-order valence-electron chi connectivity index (χ3n) is 2.31. The Labute approximate surface area is 103 Å².